The molecule has 0 radical (unpaired) electrons. The van der Waals surface area contributed by atoms with Crippen LogP contribution in [0.15, 0.2) is 66.7 Å². The molecule has 3 aromatic rings. The summed E-state index contributed by atoms with van der Waals surface area (Å²) in [5.74, 6) is 1.65. The molecule has 0 aliphatic heterocycles. The lowest BCUT2D eigenvalue weighted by Crippen LogP contribution is -2.19. The van der Waals surface area contributed by atoms with Gasteiger partial charge in [0.25, 0.3) is 0 Å². The zero-order valence-corrected chi connectivity index (χ0v) is 14.4. The summed E-state index contributed by atoms with van der Waals surface area (Å²) in [4.78, 5) is 11.6. The van der Waals surface area contributed by atoms with E-state index in [0.717, 1.165) is 29.6 Å². The van der Waals surface area contributed by atoms with Crippen LogP contribution in [-0.2, 0) is 6.54 Å². The summed E-state index contributed by atoms with van der Waals surface area (Å²) in [6, 6.07) is 23.3. The normalized spacial score (nSPS) is 13.5. The zero-order chi connectivity index (χ0) is 17.1. The summed E-state index contributed by atoms with van der Waals surface area (Å²) in [7, 11) is 2.07. The zero-order valence-electron chi connectivity index (χ0n) is 14.4. The van der Waals surface area contributed by atoms with Crippen molar-refractivity contribution in [1.29, 1.82) is 0 Å². The van der Waals surface area contributed by atoms with Gasteiger partial charge in [0.1, 0.15) is 5.82 Å². The van der Waals surface area contributed by atoms with E-state index in [1.807, 2.05) is 24.3 Å². The summed E-state index contributed by atoms with van der Waals surface area (Å²) in [6.07, 6.45) is 2.40. The Morgan fingerprint density at radius 1 is 0.960 bits per heavy atom. The van der Waals surface area contributed by atoms with Crippen LogP contribution < -0.4 is 10.2 Å². The van der Waals surface area contributed by atoms with Crippen molar-refractivity contribution in [2.24, 2.45) is 0 Å². The van der Waals surface area contributed by atoms with Crippen LogP contribution in [0.5, 0.6) is 0 Å². The molecule has 4 rings (SSSR count). The molecule has 1 heterocycles. The molecule has 1 N–H and O–H groups in total. The predicted octanol–water partition coefficient (Wildman–Crippen LogP) is 4.35. The average molecular weight is 330 g/mol. The molecule has 0 unspecified atom stereocenters. The topological polar surface area (TPSA) is 41.1 Å². The van der Waals surface area contributed by atoms with Crippen molar-refractivity contribution in [2.45, 2.75) is 25.4 Å². The minimum Gasteiger partial charge on any atom is -0.355 e. The molecule has 25 heavy (non-hydrogen) atoms. The largest absolute Gasteiger partial charge is 0.355 e. The number of nitrogens with one attached hydrogen (secondary N) is 1. The van der Waals surface area contributed by atoms with Crippen LogP contribution in [-0.4, -0.2) is 23.1 Å². The summed E-state index contributed by atoms with van der Waals surface area (Å²) >= 11 is 0. The van der Waals surface area contributed by atoms with E-state index in [1.54, 1.807) is 0 Å². The Bertz CT molecular complexity index is 829. The lowest BCUT2D eigenvalue weighted by Gasteiger charge is -2.20. The van der Waals surface area contributed by atoms with Gasteiger partial charge in [-0.2, -0.15) is 4.98 Å². The molecule has 4 nitrogen and oxygen atoms in total. The first-order valence-corrected chi connectivity index (χ1v) is 8.74. The number of aromatic nitrogens is 2. The SMILES string of the molecule is CN(Cc1ccccc1)c1cc(-c2ccccc2)nc(NC2CC2)n1. The van der Waals surface area contributed by atoms with Gasteiger partial charge in [0.15, 0.2) is 0 Å². The minimum absolute atomic E-state index is 0.526. The van der Waals surface area contributed by atoms with Crippen LogP contribution in [0.3, 0.4) is 0 Å². The van der Waals surface area contributed by atoms with E-state index in [-0.39, 0.29) is 0 Å². The molecular weight excluding hydrogens is 308 g/mol. The highest BCUT2D eigenvalue weighted by molar-refractivity contribution is 5.64. The average Bonchev–Trinajstić information content (AvgIpc) is 3.47. The lowest BCUT2D eigenvalue weighted by molar-refractivity contribution is 0.889. The van der Waals surface area contributed by atoms with Crippen LogP contribution in [0.2, 0.25) is 0 Å². The lowest BCUT2D eigenvalue weighted by atomic mass is 10.1. The number of nitrogens with zero attached hydrogens (tertiary/aromatic N) is 3. The summed E-state index contributed by atoms with van der Waals surface area (Å²) in [5.41, 5.74) is 3.33. The molecule has 1 aromatic heterocycles. The Hall–Kier alpha value is -2.88. The highest BCUT2D eigenvalue weighted by Gasteiger charge is 2.22. The summed E-state index contributed by atoms with van der Waals surface area (Å²) in [6.45, 7) is 0.814. The van der Waals surface area contributed by atoms with Gasteiger partial charge in [0.2, 0.25) is 5.95 Å². The number of rotatable bonds is 6. The smallest absolute Gasteiger partial charge is 0.225 e. The van der Waals surface area contributed by atoms with Crippen LogP contribution >= 0.6 is 0 Å². The van der Waals surface area contributed by atoms with E-state index < -0.39 is 0 Å². The standard InChI is InChI=1S/C21H22N4/c1-25(15-16-8-4-2-5-9-16)20-14-19(17-10-6-3-7-11-17)23-21(24-20)22-18-12-13-18/h2-11,14,18H,12-13,15H2,1H3,(H,22,23,24). The molecule has 0 saturated heterocycles. The predicted molar refractivity (Wildman–Crippen MR) is 103 cm³/mol. The van der Waals surface area contributed by atoms with Gasteiger partial charge in [0.05, 0.1) is 5.69 Å². The molecule has 126 valence electrons. The second kappa shape index (κ2) is 6.93. The van der Waals surface area contributed by atoms with Gasteiger partial charge in [-0.1, -0.05) is 60.7 Å². The molecule has 0 atom stereocenters. The highest BCUT2D eigenvalue weighted by Crippen LogP contribution is 2.27. The monoisotopic (exact) mass is 330 g/mol. The van der Waals surface area contributed by atoms with Crippen molar-refractivity contribution in [3.05, 3.63) is 72.3 Å². The molecule has 1 aliphatic carbocycles. The third-order valence-corrected chi connectivity index (χ3v) is 4.35. The molecule has 2 aromatic carbocycles. The van der Waals surface area contributed by atoms with Crippen molar-refractivity contribution >= 4 is 11.8 Å². The number of benzene rings is 2. The van der Waals surface area contributed by atoms with E-state index >= 15 is 0 Å². The fourth-order valence-corrected chi connectivity index (χ4v) is 2.80. The third-order valence-electron chi connectivity index (χ3n) is 4.35. The van der Waals surface area contributed by atoms with Gasteiger partial charge >= 0.3 is 0 Å². The Balaban J connectivity index is 1.65. The van der Waals surface area contributed by atoms with Crippen LogP contribution in [0.4, 0.5) is 11.8 Å². The summed E-state index contributed by atoms with van der Waals surface area (Å²) in [5, 5.41) is 3.44. The summed E-state index contributed by atoms with van der Waals surface area (Å²) < 4.78 is 0. The number of anilines is 2. The van der Waals surface area contributed by atoms with Gasteiger partial charge < -0.3 is 10.2 Å². The maximum absolute atomic E-state index is 4.74. The van der Waals surface area contributed by atoms with E-state index in [2.05, 4.69) is 59.7 Å². The quantitative estimate of drug-likeness (QED) is 0.729. The Kier molecular flexibility index (Phi) is 4.34. The van der Waals surface area contributed by atoms with Crippen molar-refractivity contribution in [2.75, 3.05) is 17.3 Å². The van der Waals surface area contributed by atoms with Gasteiger partial charge in [-0.3, -0.25) is 0 Å². The number of hydrogen-bond donors (Lipinski definition) is 1. The van der Waals surface area contributed by atoms with Gasteiger partial charge in [-0.05, 0) is 18.4 Å². The van der Waals surface area contributed by atoms with Crippen molar-refractivity contribution < 1.29 is 0 Å². The molecule has 0 amide bonds. The van der Waals surface area contributed by atoms with E-state index in [0.29, 0.717) is 6.04 Å². The molecule has 0 spiro atoms. The molecular formula is C21H22N4. The molecule has 4 heteroatoms. The van der Waals surface area contributed by atoms with E-state index in [1.165, 1.54) is 18.4 Å². The Morgan fingerprint density at radius 2 is 1.64 bits per heavy atom. The van der Waals surface area contributed by atoms with Crippen LogP contribution in [0, 0.1) is 0 Å². The van der Waals surface area contributed by atoms with Crippen molar-refractivity contribution in [3.63, 3.8) is 0 Å². The van der Waals surface area contributed by atoms with E-state index in [4.69, 9.17) is 9.97 Å². The second-order valence-corrected chi connectivity index (χ2v) is 6.56. The second-order valence-electron chi connectivity index (χ2n) is 6.56. The first kappa shape index (κ1) is 15.6. The van der Waals surface area contributed by atoms with Crippen LogP contribution in [0.1, 0.15) is 18.4 Å². The molecule has 1 fully saturated rings. The fourth-order valence-electron chi connectivity index (χ4n) is 2.80. The van der Waals surface area contributed by atoms with Gasteiger partial charge in [-0.25, -0.2) is 4.98 Å². The molecule has 1 saturated carbocycles. The Labute approximate surface area is 148 Å². The minimum atomic E-state index is 0.526. The highest BCUT2D eigenvalue weighted by atomic mass is 15.2. The molecule has 1 aliphatic rings. The van der Waals surface area contributed by atoms with Crippen molar-refractivity contribution in [3.8, 4) is 11.3 Å². The van der Waals surface area contributed by atoms with Gasteiger partial charge in [0, 0.05) is 31.3 Å². The van der Waals surface area contributed by atoms with Crippen LogP contribution in [0.25, 0.3) is 11.3 Å². The number of hydrogen-bond acceptors (Lipinski definition) is 4. The van der Waals surface area contributed by atoms with Gasteiger partial charge in [-0.15, -0.1) is 0 Å². The third kappa shape index (κ3) is 3.97. The first-order chi connectivity index (χ1) is 12.3. The van der Waals surface area contributed by atoms with E-state index in [9.17, 15) is 0 Å². The molecule has 0 bridgehead atoms. The first-order valence-electron chi connectivity index (χ1n) is 8.74. The Morgan fingerprint density at radius 3 is 2.32 bits per heavy atom. The maximum atomic E-state index is 4.74. The van der Waals surface area contributed by atoms with Crippen molar-refractivity contribution in [1.82, 2.24) is 9.97 Å². The maximum Gasteiger partial charge on any atom is 0.225 e. The fraction of sp³-hybridized carbons (Fsp3) is 0.238.